The fourth-order valence-electron chi connectivity index (χ4n) is 2.47. The predicted octanol–water partition coefficient (Wildman–Crippen LogP) is 3.34. The molecule has 4 nitrogen and oxygen atoms in total. The predicted molar refractivity (Wildman–Crippen MR) is 79.0 cm³/mol. The molecule has 1 N–H and O–H groups in total. The molecule has 22 heavy (non-hydrogen) atoms. The average molecular weight is 303 g/mol. The lowest BCUT2D eigenvalue weighted by atomic mass is 10.2. The highest BCUT2D eigenvalue weighted by Crippen LogP contribution is 2.20. The number of rotatable bonds is 3. The van der Waals surface area contributed by atoms with Gasteiger partial charge in [0.2, 0.25) is 0 Å². The molecular formula is C16H15F2N3O. The number of hydrogen-bond donors (Lipinski definition) is 1. The van der Waals surface area contributed by atoms with Crippen molar-refractivity contribution in [3.63, 3.8) is 0 Å². The number of benzene rings is 1. The number of likely N-dealkylation sites (tertiary alicyclic amines) is 1. The van der Waals surface area contributed by atoms with E-state index in [0.717, 1.165) is 38.1 Å². The van der Waals surface area contributed by atoms with Gasteiger partial charge in [0.15, 0.2) is 11.6 Å². The number of nitrogens with one attached hydrogen (secondary N) is 1. The van der Waals surface area contributed by atoms with Gasteiger partial charge in [0.05, 0.1) is 17.4 Å². The zero-order chi connectivity index (χ0) is 15.5. The van der Waals surface area contributed by atoms with Gasteiger partial charge in [-0.25, -0.2) is 8.78 Å². The normalized spacial score (nSPS) is 14.2. The average Bonchev–Trinajstić information content (AvgIpc) is 3.05. The Balaban J connectivity index is 1.78. The zero-order valence-corrected chi connectivity index (χ0v) is 11.9. The fraction of sp³-hybridized carbons (Fsp3) is 0.250. The van der Waals surface area contributed by atoms with Crippen molar-refractivity contribution in [2.75, 3.05) is 18.4 Å². The highest BCUT2D eigenvalue weighted by molar-refractivity contribution is 5.95. The Morgan fingerprint density at radius 2 is 1.82 bits per heavy atom. The molecule has 1 aromatic heterocycles. The molecular weight excluding hydrogens is 288 g/mol. The summed E-state index contributed by atoms with van der Waals surface area (Å²) in [5.74, 6) is -1.89. The van der Waals surface area contributed by atoms with Gasteiger partial charge >= 0.3 is 0 Å². The molecule has 1 aliphatic rings. The maximum absolute atomic E-state index is 13.2. The molecule has 0 bridgehead atoms. The van der Waals surface area contributed by atoms with Crippen molar-refractivity contribution in [1.29, 1.82) is 0 Å². The molecule has 1 aliphatic heterocycles. The second-order valence-corrected chi connectivity index (χ2v) is 5.22. The highest BCUT2D eigenvalue weighted by Gasteiger charge is 2.19. The Morgan fingerprint density at radius 3 is 2.55 bits per heavy atom. The number of hydrogen-bond acceptors (Lipinski definition) is 3. The molecule has 1 amide bonds. The van der Waals surface area contributed by atoms with Crippen LogP contribution in [0, 0.1) is 11.6 Å². The molecule has 1 fully saturated rings. The van der Waals surface area contributed by atoms with Crippen LogP contribution in [0.1, 0.15) is 23.2 Å². The molecule has 0 saturated carbocycles. The Labute approximate surface area is 126 Å². The molecule has 6 heteroatoms. The molecule has 2 heterocycles. The van der Waals surface area contributed by atoms with Gasteiger partial charge < -0.3 is 10.2 Å². The van der Waals surface area contributed by atoms with Crippen molar-refractivity contribution in [3.8, 4) is 0 Å². The van der Waals surface area contributed by atoms with Crippen LogP contribution in [0.15, 0.2) is 36.7 Å². The van der Waals surface area contributed by atoms with Crippen LogP contribution < -0.4 is 5.32 Å². The van der Waals surface area contributed by atoms with Gasteiger partial charge in [-0.15, -0.1) is 0 Å². The quantitative estimate of drug-likeness (QED) is 0.946. The van der Waals surface area contributed by atoms with E-state index in [1.807, 2.05) is 0 Å². The van der Waals surface area contributed by atoms with Crippen molar-refractivity contribution in [2.24, 2.45) is 0 Å². The van der Waals surface area contributed by atoms with Gasteiger partial charge in [-0.05, 0) is 31.0 Å². The summed E-state index contributed by atoms with van der Waals surface area (Å²) in [7, 11) is 0. The van der Waals surface area contributed by atoms with Crippen molar-refractivity contribution in [2.45, 2.75) is 12.8 Å². The van der Waals surface area contributed by atoms with Gasteiger partial charge in [0.25, 0.3) is 5.91 Å². The van der Waals surface area contributed by atoms with Crippen molar-refractivity contribution < 1.29 is 13.6 Å². The van der Waals surface area contributed by atoms with Crippen LogP contribution in [0.25, 0.3) is 0 Å². The topological polar surface area (TPSA) is 45.2 Å². The first-order valence-corrected chi connectivity index (χ1v) is 7.10. The third kappa shape index (κ3) is 3.05. The van der Waals surface area contributed by atoms with Crippen LogP contribution in [-0.2, 0) is 0 Å². The first-order chi connectivity index (χ1) is 10.6. The number of halogens is 2. The summed E-state index contributed by atoms with van der Waals surface area (Å²) in [5, 5.41) is 2.92. The number of nitrogens with zero attached hydrogens (tertiary/aromatic N) is 2. The Morgan fingerprint density at radius 1 is 1.05 bits per heavy atom. The standard InChI is InChI=1S/C16H15F2N3O/c17-14-4-3-12(8-15(14)18)20-13-7-11(9-19-10-13)16(22)21-5-1-2-6-21/h3-4,7-10,20H,1-2,5-6H2. The second kappa shape index (κ2) is 6.09. The molecule has 1 saturated heterocycles. The van der Waals surface area contributed by atoms with Crippen LogP contribution in [0.3, 0.4) is 0 Å². The fourth-order valence-corrected chi connectivity index (χ4v) is 2.47. The summed E-state index contributed by atoms with van der Waals surface area (Å²) >= 11 is 0. The summed E-state index contributed by atoms with van der Waals surface area (Å²) in [6, 6.07) is 5.19. The summed E-state index contributed by atoms with van der Waals surface area (Å²) < 4.78 is 26.1. The molecule has 0 aliphatic carbocycles. The van der Waals surface area contributed by atoms with Crippen LogP contribution in [-0.4, -0.2) is 28.9 Å². The summed E-state index contributed by atoms with van der Waals surface area (Å²) in [6.45, 7) is 1.53. The highest BCUT2D eigenvalue weighted by atomic mass is 19.2. The lowest BCUT2D eigenvalue weighted by molar-refractivity contribution is 0.0792. The third-order valence-corrected chi connectivity index (χ3v) is 3.59. The van der Waals surface area contributed by atoms with Crippen LogP contribution in [0.5, 0.6) is 0 Å². The summed E-state index contributed by atoms with van der Waals surface area (Å²) in [6.07, 6.45) is 5.08. The van der Waals surface area contributed by atoms with E-state index in [1.54, 1.807) is 11.0 Å². The number of pyridine rings is 1. The minimum absolute atomic E-state index is 0.0565. The maximum Gasteiger partial charge on any atom is 0.255 e. The molecule has 3 rings (SSSR count). The molecule has 0 unspecified atom stereocenters. The summed E-state index contributed by atoms with van der Waals surface area (Å²) in [4.78, 5) is 18.1. The zero-order valence-electron chi connectivity index (χ0n) is 11.9. The van der Waals surface area contributed by atoms with E-state index < -0.39 is 11.6 Å². The van der Waals surface area contributed by atoms with E-state index >= 15 is 0 Å². The van der Waals surface area contributed by atoms with E-state index in [9.17, 15) is 13.6 Å². The lowest BCUT2D eigenvalue weighted by Gasteiger charge is -2.15. The van der Waals surface area contributed by atoms with Gasteiger partial charge in [-0.3, -0.25) is 9.78 Å². The minimum atomic E-state index is -0.928. The van der Waals surface area contributed by atoms with Crippen LogP contribution in [0.4, 0.5) is 20.2 Å². The van der Waals surface area contributed by atoms with E-state index in [-0.39, 0.29) is 5.91 Å². The smallest absolute Gasteiger partial charge is 0.255 e. The van der Waals surface area contributed by atoms with Crippen molar-refractivity contribution >= 4 is 17.3 Å². The number of amides is 1. The monoisotopic (exact) mass is 303 g/mol. The van der Waals surface area contributed by atoms with Crippen LogP contribution >= 0.6 is 0 Å². The largest absolute Gasteiger partial charge is 0.354 e. The van der Waals surface area contributed by atoms with E-state index in [2.05, 4.69) is 10.3 Å². The number of aromatic nitrogens is 1. The lowest BCUT2D eigenvalue weighted by Crippen LogP contribution is -2.27. The molecule has 114 valence electrons. The Kier molecular flexibility index (Phi) is 4.00. The van der Waals surface area contributed by atoms with Crippen LogP contribution in [0.2, 0.25) is 0 Å². The maximum atomic E-state index is 13.2. The SMILES string of the molecule is O=C(c1cncc(Nc2ccc(F)c(F)c2)c1)N1CCCC1. The Bertz CT molecular complexity index is 700. The van der Waals surface area contributed by atoms with Gasteiger partial charge in [0.1, 0.15) is 0 Å². The molecule has 1 aromatic carbocycles. The first-order valence-electron chi connectivity index (χ1n) is 7.10. The molecule has 0 radical (unpaired) electrons. The van der Waals surface area contributed by atoms with Gasteiger partial charge in [-0.2, -0.15) is 0 Å². The van der Waals surface area contributed by atoms with Crippen molar-refractivity contribution in [3.05, 3.63) is 53.9 Å². The number of carbonyl (C=O) groups is 1. The number of anilines is 2. The van der Waals surface area contributed by atoms with Gasteiger partial charge in [0, 0.05) is 31.0 Å². The van der Waals surface area contributed by atoms with Gasteiger partial charge in [-0.1, -0.05) is 0 Å². The van der Waals surface area contributed by atoms with Crippen molar-refractivity contribution in [1.82, 2.24) is 9.88 Å². The third-order valence-electron chi connectivity index (χ3n) is 3.59. The summed E-state index contributed by atoms with van der Waals surface area (Å²) in [5.41, 5.74) is 1.43. The molecule has 2 aromatic rings. The van der Waals surface area contributed by atoms with E-state index in [0.29, 0.717) is 16.9 Å². The molecule has 0 spiro atoms. The van der Waals surface area contributed by atoms with E-state index in [1.165, 1.54) is 18.5 Å². The first kappa shape index (κ1) is 14.4. The minimum Gasteiger partial charge on any atom is -0.354 e. The Hall–Kier alpha value is -2.50. The van der Waals surface area contributed by atoms with E-state index in [4.69, 9.17) is 0 Å². The molecule has 0 atom stereocenters. The number of carbonyl (C=O) groups excluding carboxylic acids is 1. The second-order valence-electron chi connectivity index (χ2n) is 5.22.